The number of hydrogen-bond donors (Lipinski definition) is 1. The van der Waals surface area contributed by atoms with Gasteiger partial charge in [0.15, 0.2) is 5.65 Å². The van der Waals surface area contributed by atoms with Gasteiger partial charge >= 0.3 is 0 Å². The number of aromatic nitrogens is 6. The van der Waals surface area contributed by atoms with Crippen LogP contribution in [0.1, 0.15) is 24.6 Å². The summed E-state index contributed by atoms with van der Waals surface area (Å²) in [6, 6.07) is 2.50. The van der Waals surface area contributed by atoms with Crippen LogP contribution in [0.3, 0.4) is 0 Å². The number of nitrogens with one attached hydrogen (secondary N) is 1. The molecule has 4 heterocycles. The first-order valence-electron chi connectivity index (χ1n) is 8.68. The van der Waals surface area contributed by atoms with Crippen LogP contribution in [-0.2, 0) is 7.05 Å². The number of fused-ring (bicyclic) bond motifs is 1. The highest BCUT2D eigenvalue weighted by Crippen LogP contribution is 2.36. The van der Waals surface area contributed by atoms with E-state index in [-0.39, 0.29) is 0 Å². The first kappa shape index (κ1) is 16.0. The van der Waals surface area contributed by atoms with Gasteiger partial charge in [0.05, 0.1) is 23.3 Å². The van der Waals surface area contributed by atoms with E-state index in [1.807, 2.05) is 17.9 Å². The second-order valence-electron chi connectivity index (χ2n) is 6.92. The molecule has 0 aliphatic carbocycles. The van der Waals surface area contributed by atoms with E-state index in [1.165, 1.54) is 18.5 Å². The predicted octanol–water partition coefficient (Wildman–Crippen LogP) is 1.61. The standard InChI is InChI=1S/C17H24N8/c1-23-8-4-5-12(15(23)14-6-7-21-25(14)3)10-24(2)17-13-9-20-22-16(13)18-11-19-17/h6-7,9,11-12,15H,4-5,8,10H2,1-3H3,(H,18,19,20,22)/t12-,15+/m0/s1. The maximum Gasteiger partial charge on any atom is 0.160 e. The van der Waals surface area contributed by atoms with Crippen molar-refractivity contribution in [2.24, 2.45) is 13.0 Å². The normalized spacial score (nSPS) is 21.7. The minimum Gasteiger partial charge on any atom is -0.359 e. The van der Waals surface area contributed by atoms with Gasteiger partial charge in [0.25, 0.3) is 0 Å². The molecule has 132 valence electrons. The van der Waals surface area contributed by atoms with E-state index in [9.17, 15) is 0 Å². The summed E-state index contributed by atoms with van der Waals surface area (Å²) in [5.74, 6) is 1.44. The number of hydrogen-bond acceptors (Lipinski definition) is 6. The zero-order valence-electron chi connectivity index (χ0n) is 14.9. The molecule has 1 aliphatic heterocycles. The summed E-state index contributed by atoms with van der Waals surface area (Å²) in [5.41, 5.74) is 2.05. The van der Waals surface area contributed by atoms with Gasteiger partial charge in [-0.05, 0) is 38.4 Å². The van der Waals surface area contributed by atoms with Crippen LogP contribution in [0.15, 0.2) is 24.8 Å². The summed E-state index contributed by atoms with van der Waals surface area (Å²) in [4.78, 5) is 13.4. The molecule has 0 unspecified atom stereocenters. The minimum atomic E-state index is 0.366. The Balaban J connectivity index is 1.61. The van der Waals surface area contributed by atoms with Crippen LogP contribution < -0.4 is 4.90 Å². The van der Waals surface area contributed by atoms with Gasteiger partial charge in [0, 0.05) is 26.8 Å². The molecular weight excluding hydrogens is 316 g/mol. The maximum atomic E-state index is 4.49. The Hall–Kier alpha value is -2.48. The van der Waals surface area contributed by atoms with Crippen molar-refractivity contribution in [3.63, 3.8) is 0 Å². The molecule has 0 radical (unpaired) electrons. The molecule has 1 N–H and O–H groups in total. The van der Waals surface area contributed by atoms with Gasteiger partial charge in [-0.1, -0.05) is 0 Å². The van der Waals surface area contributed by atoms with Gasteiger partial charge in [0.1, 0.15) is 12.1 Å². The Labute approximate surface area is 146 Å². The number of H-pyrrole nitrogens is 1. The van der Waals surface area contributed by atoms with Gasteiger partial charge in [-0.15, -0.1) is 0 Å². The smallest absolute Gasteiger partial charge is 0.160 e. The minimum absolute atomic E-state index is 0.366. The van der Waals surface area contributed by atoms with Crippen molar-refractivity contribution in [1.82, 2.24) is 34.8 Å². The van der Waals surface area contributed by atoms with E-state index in [4.69, 9.17) is 0 Å². The third kappa shape index (κ3) is 2.86. The highest BCUT2D eigenvalue weighted by molar-refractivity contribution is 5.85. The van der Waals surface area contributed by atoms with Crippen molar-refractivity contribution >= 4 is 16.9 Å². The quantitative estimate of drug-likeness (QED) is 0.777. The van der Waals surface area contributed by atoms with Crippen molar-refractivity contribution in [2.45, 2.75) is 18.9 Å². The molecule has 3 aromatic heterocycles. The largest absolute Gasteiger partial charge is 0.359 e. The fourth-order valence-corrected chi connectivity index (χ4v) is 4.09. The number of aromatic amines is 1. The summed E-state index contributed by atoms with van der Waals surface area (Å²) in [6.45, 7) is 2.05. The molecule has 1 aliphatic rings. The molecule has 2 atom stereocenters. The lowest BCUT2D eigenvalue weighted by atomic mass is 9.87. The number of likely N-dealkylation sites (tertiary alicyclic amines) is 1. The molecule has 3 aromatic rings. The molecule has 0 amide bonds. The van der Waals surface area contributed by atoms with Crippen LogP contribution >= 0.6 is 0 Å². The Morgan fingerprint density at radius 3 is 3.00 bits per heavy atom. The lowest BCUT2D eigenvalue weighted by Gasteiger charge is -2.41. The third-order valence-electron chi connectivity index (χ3n) is 5.27. The fraction of sp³-hybridized carbons (Fsp3) is 0.529. The lowest BCUT2D eigenvalue weighted by molar-refractivity contribution is 0.118. The van der Waals surface area contributed by atoms with Crippen molar-refractivity contribution in [2.75, 3.05) is 32.1 Å². The van der Waals surface area contributed by atoms with Gasteiger partial charge in [-0.3, -0.25) is 14.7 Å². The van der Waals surface area contributed by atoms with Crippen LogP contribution in [0.25, 0.3) is 11.0 Å². The topological polar surface area (TPSA) is 78.8 Å². The number of piperidine rings is 1. The van der Waals surface area contributed by atoms with Gasteiger partial charge < -0.3 is 4.90 Å². The Bertz CT molecular complexity index is 853. The average molecular weight is 340 g/mol. The zero-order valence-corrected chi connectivity index (χ0v) is 14.9. The summed E-state index contributed by atoms with van der Waals surface area (Å²) in [6.07, 6.45) is 7.70. The highest BCUT2D eigenvalue weighted by atomic mass is 15.3. The number of nitrogens with zero attached hydrogens (tertiary/aromatic N) is 7. The van der Waals surface area contributed by atoms with Crippen molar-refractivity contribution < 1.29 is 0 Å². The number of anilines is 1. The molecule has 0 aromatic carbocycles. The van der Waals surface area contributed by atoms with Crippen LogP contribution in [0.4, 0.5) is 5.82 Å². The molecule has 25 heavy (non-hydrogen) atoms. The summed E-state index contributed by atoms with van der Waals surface area (Å²) in [7, 11) is 6.34. The van der Waals surface area contributed by atoms with Gasteiger partial charge in [-0.25, -0.2) is 9.97 Å². The molecule has 1 fully saturated rings. The van der Waals surface area contributed by atoms with E-state index < -0.39 is 0 Å². The van der Waals surface area contributed by atoms with Crippen molar-refractivity contribution in [3.8, 4) is 0 Å². The predicted molar refractivity (Wildman–Crippen MR) is 96.3 cm³/mol. The van der Waals surface area contributed by atoms with Crippen LogP contribution in [0.2, 0.25) is 0 Å². The molecule has 0 saturated carbocycles. The molecule has 0 spiro atoms. The van der Waals surface area contributed by atoms with E-state index in [0.29, 0.717) is 12.0 Å². The van der Waals surface area contributed by atoms with Gasteiger partial charge in [-0.2, -0.15) is 10.2 Å². The Kier molecular flexibility index (Phi) is 4.12. The third-order valence-corrected chi connectivity index (χ3v) is 5.27. The molecule has 8 nitrogen and oxygen atoms in total. The van der Waals surface area contributed by atoms with Crippen molar-refractivity contribution in [1.29, 1.82) is 0 Å². The second-order valence-corrected chi connectivity index (χ2v) is 6.92. The molecule has 8 heteroatoms. The maximum absolute atomic E-state index is 4.49. The fourth-order valence-electron chi connectivity index (χ4n) is 4.09. The van der Waals surface area contributed by atoms with Crippen LogP contribution in [-0.4, -0.2) is 62.0 Å². The monoisotopic (exact) mass is 340 g/mol. The first-order valence-corrected chi connectivity index (χ1v) is 8.68. The Morgan fingerprint density at radius 1 is 1.32 bits per heavy atom. The summed E-state index contributed by atoms with van der Waals surface area (Å²) < 4.78 is 2.00. The molecule has 4 rings (SSSR count). The van der Waals surface area contributed by atoms with Crippen LogP contribution in [0, 0.1) is 5.92 Å². The Morgan fingerprint density at radius 2 is 2.20 bits per heavy atom. The van der Waals surface area contributed by atoms with E-state index in [0.717, 1.165) is 29.9 Å². The second kappa shape index (κ2) is 6.44. The number of aryl methyl sites for hydroxylation is 1. The molecular formula is C17H24N8. The molecule has 0 bridgehead atoms. The lowest BCUT2D eigenvalue weighted by Crippen LogP contribution is -2.42. The summed E-state index contributed by atoms with van der Waals surface area (Å²) in [5, 5.41) is 12.4. The van der Waals surface area contributed by atoms with Gasteiger partial charge in [0.2, 0.25) is 0 Å². The van der Waals surface area contributed by atoms with E-state index in [2.05, 4.69) is 55.2 Å². The van der Waals surface area contributed by atoms with E-state index in [1.54, 1.807) is 12.5 Å². The van der Waals surface area contributed by atoms with E-state index >= 15 is 0 Å². The highest BCUT2D eigenvalue weighted by Gasteiger charge is 2.33. The number of rotatable bonds is 4. The SMILES string of the molecule is CN(C[C@@H]1CCCN(C)[C@H]1c1ccnn1C)c1ncnc2[nH]ncc12. The first-order chi connectivity index (χ1) is 12.1. The average Bonchev–Trinajstić information content (AvgIpc) is 3.23. The van der Waals surface area contributed by atoms with Crippen molar-refractivity contribution in [3.05, 3.63) is 30.5 Å². The zero-order chi connectivity index (χ0) is 17.4. The summed E-state index contributed by atoms with van der Waals surface area (Å²) >= 11 is 0. The van der Waals surface area contributed by atoms with Crippen LogP contribution in [0.5, 0.6) is 0 Å². The molecule has 1 saturated heterocycles.